The first-order valence-corrected chi connectivity index (χ1v) is 9.89. The van der Waals surface area contributed by atoms with Crippen LogP contribution >= 0.6 is 0 Å². The Kier molecular flexibility index (Phi) is 3.68. The fourth-order valence-electron chi connectivity index (χ4n) is 4.21. The lowest BCUT2D eigenvalue weighted by Crippen LogP contribution is -1.98. The number of aromatic nitrogens is 3. The third-order valence-corrected chi connectivity index (χ3v) is 5.64. The summed E-state index contributed by atoms with van der Waals surface area (Å²) in [5.74, 6) is 1.64. The summed E-state index contributed by atoms with van der Waals surface area (Å²) in [6.45, 7) is 0.605. The molecular formula is C25H19N3O2. The number of imidazole rings is 1. The molecule has 0 atom stereocenters. The number of benzene rings is 3. The molecule has 0 amide bonds. The van der Waals surface area contributed by atoms with Gasteiger partial charge >= 0.3 is 0 Å². The van der Waals surface area contributed by atoms with E-state index in [4.69, 9.17) is 9.26 Å². The molecule has 0 saturated carbocycles. The minimum Gasteiger partial charge on any atom is -0.497 e. The summed E-state index contributed by atoms with van der Waals surface area (Å²) in [4.78, 5) is 0. The Balaban J connectivity index is 1.47. The highest BCUT2D eigenvalue weighted by Gasteiger charge is 2.16. The quantitative estimate of drug-likeness (QED) is 0.382. The van der Waals surface area contributed by atoms with Crippen LogP contribution in [-0.4, -0.2) is 21.2 Å². The molecule has 0 bridgehead atoms. The Labute approximate surface area is 172 Å². The normalized spacial score (nSPS) is 11.6. The van der Waals surface area contributed by atoms with Crippen molar-refractivity contribution in [2.45, 2.75) is 6.54 Å². The van der Waals surface area contributed by atoms with Gasteiger partial charge in [0.25, 0.3) is 0 Å². The van der Waals surface area contributed by atoms with Crippen LogP contribution in [0.5, 0.6) is 5.75 Å². The van der Waals surface area contributed by atoms with Crippen molar-refractivity contribution < 1.29 is 9.26 Å². The van der Waals surface area contributed by atoms with Crippen molar-refractivity contribution in [1.29, 1.82) is 0 Å². The second-order valence-electron chi connectivity index (χ2n) is 7.39. The molecule has 3 heterocycles. The van der Waals surface area contributed by atoms with Crippen LogP contribution in [0.3, 0.4) is 0 Å². The lowest BCUT2D eigenvalue weighted by atomic mass is 10.1. The molecule has 0 saturated heterocycles. The Bertz CT molecular complexity index is 1500. The van der Waals surface area contributed by atoms with E-state index in [1.165, 1.54) is 21.8 Å². The molecule has 5 nitrogen and oxygen atoms in total. The molecule has 0 N–H and O–H groups in total. The van der Waals surface area contributed by atoms with E-state index in [1.54, 1.807) is 7.11 Å². The van der Waals surface area contributed by atoms with Gasteiger partial charge in [-0.3, -0.25) is 4.40 Å². The van der Waals surface area contributed by atoms with Gasteiger partial charge in [-0.15, -0.1) is 0 Å². The lowest BCUT2D eigenvalue weighted by molar-refractivity contribution is 0.380. The zero-order chi connectivity index (χ0) is 20.1. The van der Waals surface area contributed by atoms with Gasteiger partial charge in [-0.05, 0) is 36.4 Å². The van der Waals surface area contributed by atoms with Crippen LogP contribution in [0.15, 0.2) is 89.6 Å². The van der Waals surface area contributed by atoms with Gasteiger partial charge in [0, 0.05) is 28.6 Å². The summed E-state index contributed by atoms with van der Waals surface area (Å²) < 4.78 is 15.5. The third-order valence-electron chi connectivity index (χ3n) is 5.64. The number of rotatable bonds is 4. The second kappa shape index (κ2) is 6.52. The number of fused-ring (bicyclic) bond motifs is 5. The van der Waals surface area contributed by atoms with Crippen LogP contribution in [0.1, 0.15) is 5.76 Å². The predicted octanol–water partition coefficient (Wildman–Crippen LogP) is 5.76. The zero-order valence-corrected chi connectivity index (χ0v) is 16.4. The van der Waals surface area contributed by atoms with Crippen molar-refractivity contribution in [3.63, 3.8) is 0 Å². The van der Waals surface area contributed by atoms with Crippen LogP contribution in [0, 0.1) is 0 Å². The van der Waals surface area contributed by atoms with Crippen LogP contribution in [-0.2, 0) is 6.54 Å². The summed E-state index contributed by atoms with van der Waals surface area (Å²) in [5, 5.41) is 6.75. The average molecular weight is 393 g/mol. The summed E-state index contributed by atoms with van der Waals surface area (Å²) in [5.41, 5.74) is 5.33. The zero-order valence-electron chi connectivity index (χ0n) is 16.4. The van der Waals surface area contributed by atoms with Crippen molar-refractivity contribution in [2.75, 3.05) is 7.11 Å². The number of nitrogens with zero attached hydrogens (tertiary/aromatic N) is 3. The molecule has 0 aliphatic rings. The Morgan fingerprint density at radius 2 is 1.67 bits per heavy atom. The van der Waals surface area contributed by atoms with E-state index in [-0.39, 0.29) is 0 Å². The average Bonchev–Trinajstić information content (AvgIpc) is 3.49. The van der Waals surface area contributed by atoms with E-state index in [9.17, 15) is 0 Å². The number of ether oxygens (including phenoxy) is 1. The minimum absolute atomic E-state index is 0.605. The topological polar surface area (TPSA) is 44.6 Å². The SMILES string of the molecule is COc1ccc(-c2cc(Cn3c4ccccc4n4cc5ccccc5c34)on2)cc1. The molecule has 146 valence electrons. The molecule has 0 radical (unpaired) electrons. The molecule has 0 unspecified atom stereocenters. The number of hydrogen-bond acceptors (Lipinski definition) is 3. The maximum absolute atomic E-state index is 5.72. The van der Waals surface area contributed by atoms with Crippen molar-refractivity contribution in [1.82, 2.24) is 14.1 Å². The number of hydrogen-bond donors (Lipinski definition) is 0. The fourth-order valence-corrected chi connectivity index (χ4v) is 4.21. The molecule has 0 fully saturated rings. The summed E-state index contributed by atoms with van der Waals surface area (Å²) >= 11 is 0. The number of para-hydroxylation sites is 2. The highest BCUT2D eigenvalue weighted by molar-refractivity contribution is 6.00. The van der Waals surface area contributed by atoms with Crippen LogP contribution in [0.4, 0.5) is 0 Å². The molecule has 6 rings (SSSR count). The van der Waals surface area contributed by atoms with Crippen molar-refractivity contribution in [3.8, 4) is 17.0 Å². The van der Waals surface area contributed by atoms with Gasteiger partial charge < -0.3 is 13.8 Å². The molecule has 30 heavy (non-hydrogen) atoms. The van der Waals surface area contributed by atoms with Gasteiger partial charge in [0.2, 0.25) is 0 Å². The Hall–Kier alpha value is -3.99. The van der Waals surface area contributed by atoms with Crippen LogP contribution < -0.4 is 4.74 Å². The van der Waals surface area contributed by atoms with Crippen molar-refractivity contribution in [3.05, 3.63) is 90.8 Å². The van der Waals surface area contributed by atoms with E-state index in [0.29, 0.717) is 6.54 Å². The van der Waals surface area contributed by atoms with Gasteiger partial charge in [0.15, 0.2) is 5.76 Å². The third kappa shape index (κ3) is 2.52. The molecule has 5 heteroatoms. The van der Waals surface area contributed by atoms with E-state index < -0.39 is 0 Å². The van der Waals surface area contributed by atoms with E-state index in [0.717, 1.165) is 28.4 Å². The largest absolute Gasteiger partial charge is 0.497 e. The maximum Gasteiger partial charge on any atom is 0.157 e. The first kappa shape index (κ1) is 16.9. The van der Waals surface area contributed by atoms with E-state index in [2.05, 4.69) is 68.9 Å². The van der Waals surface area contributed by atoms with Crippen molar-refractivity contribution >= 4 is 27.5 Å². The first-order chi connectivity index (χ1) is 14.8. The summed E-state index contributed by atoms with van der Waals surface area (Å²) in [7, 11) is 1.66. The summed E-state index contributed by atoms with van der Waals surface area (Å²) in [6.07, 6.45) is 2.20. The molecular weight excluding hydrogens is 374 g/mol. The first-order valence-electron chi connectivity index (χ1n) is 9.89. The van der Waals surface area contributed by atoms with Gasteiger partial charge in [-0.25, -0.2) is 0 Å². The van der Waals surface area contributed by atoms with Crippen LogP contribution in [0.2, 0.25) is 0 Å². The Morgan fingerprint density at radius 3 is 2.50 bits per heavy atom. The molecule has 3 aromatic carbocycles. The molecule has 0 spiro atoms. The minimum atomic E-state index is 0.605. The lowest BCUT2D eigenvalue weighted by Gasteiger charge is -2.03. The Morgan fingerprint density at radius 1 is 0.900 bits per heavy atom. The molecule has 0 aliphatic carbocycles. The highest BCUT2D eigenvalue weighted by Crippen LogP contribution is 2.30. The highest BCUT2D eigenvalue weighted by atomic mass is 16.5. The predicted molar refractivity (Wildman–Crippen MR) is 118 cm³/mol. The van der Waals surface area contributed by atoms with Gasteiger partial charge in [0.05, 0.1) is 24.7 Å². The van der Waals surface area contributed by atoms with E-state index >= 15 is 0 Å². The van der Waals surface area contributed by atoms with Crippen LogP contribution in [0.25, 0.3) is 38.7 Å². The monoisotopic (exact) mass is 393 g/mol. The summed E-state index contributed by atoms with van der Waals surface area (Å²) in [6, 6.07) is 26.8. The van der Waals surface area contributed by atoms with Gasteiger partial charge in [0.1, 0.15) is 17.1 Å². The smallest absolute Gasteiger partial charge is 0.157 e. The molecule has 6 aromatic rings. The van der Waals surface area contributed by atoms with Crippen molar-refractivity contribution in [2.24, 2.45) is 0 Å². The van der Waals surface area contributed by atoms with Gasteiger partial charge in [-0.1, -0.05) is 41.6 Å². The number of methoxy groups -OCH3 is 1. The fraction of sp³-hybridized carbons (Fsp3) is 0.0800. The maximum atomic E-state index is 5.72. The molecule has 0 aliphatic heterocycles. The second-order valence-corrected chi connectivity index (χ2v) is 7.39. The van der Waals surface area contributed by atoms with E-state index in [1.807, 2.05) is 30.3 Å². The standard InChI is InChI=1S/C25H19N3O2/c1-29-19-12-10-17(11-13-19)22-14-20(30-26-22)16-28-24-9-5-4-8-23(24)27-15-18-6-2-3-7-21(18)25(27)28/h2-15H,16H2,1H3. The van der Waals surface area contributed by atoms with Gasteiger partial charge in [-0.2, -0.15) is 0 Å². The molecule has 3 aromatic heterocycles.